The van der Waals surface area contributed by atoms with Crippen molar-refractivity contribution in [2.24, 2.45) is 0 Å². The minimum Gasteiger partial charge on any atom is -0.377 e. The summed E-state index contributed by atoms with van der Waals surface area (Å²) < 4.78 is 5.84. The molecule has 1 N–H and O–H groups in total. The monoisotopic (exact) mass is 268 g/mol. The van der Waals surface area contributed by atoms with E-state index < -0.39 is 0 Å². The Hall–Kier alpha value is -0.120. The maximum atomic E-state index is 5.84. The molecule has 1 saturated heterocycles. The summed E-state index contributed by atoms with van der Waals surface area (Å²) in [5, 5.41) is 3.73. The van der Waals surface area contributed by atoms with Gasteiger partial charge in [-0.3, -0.25) is 4.90 Å². The highest BCUT2D eigenvalue weighted by Gasteiger charge is 2.29. The maximum absolute atomic E-state index is 5.84. The van der Waals surface area contributed by atoms with Crippen LogP contribution in [0.25, 0.3) is 0 Å². The van der Waals surface area contributed by atoms with Crippen LogP contribution in [0.5, 0.6) is 0 Å². The van der Waals surface area contributed by atoms with E-state index in [0.717, 1.165) is 32.3 Å². The molecule has 0 aromatic heterocycles. The molecule has 3 unspecified atom stereocenters. The fraction of sp³-hybridized carbons (Fsp3) is 1.00. The number of likely N-dealkylation sites (N-methyl/N-ethyl adjacent to an activating group) is 2. The molecule has 1 aliphatic heterocycles. The van der Waals surface area contributed by atoms with Crippen LogP contribution in [0.15, 0.2) is 0 Å². The SMILES string of the molecule is CCNC1CCCCCC1N(CC)CC1CCCO1. The molecule has 1 aliphatic carbocycles. The number of rotatable bonds is 6. The molecule has 0 bridgehead atoms. The van der Waals surface area contributed by atoms with E-state index in [2.05, 4.69) is 24.1 Å². The Morgan fingerprint density at radius 2 is 1.89 bits per heavy atom. The van der Waals surface area contributed by atoms with Crippen molar-refractivity contribution in [1.82, 2.24) is 10.2 Å². The van der Waals surface area contributed by atoms with E-state index in [1.165, 1.54) is 44.9 Å². The first-order valence-corrected chi connectivity index (χ1v) is 8.44. The predicted molar refractivity (Wildman–Crippen MR) is 80.6 cm³/mol. The Balaban J connectivity index is 1.95. The molecular formula is C16H32N2O. The molecule has 0 radical (unpaired) electrons. The first-order chi connectivity index (χ1) is 9.35. The zero-order valence-electron chi connectivity index (χ0n) is 12.9. The number of nitrogens with one attached hydrogen (secondary N) is 1. The quantitative estimate of drug-likeness (QED) is 0.750. The lowest BCUT2D eigenvalue weighted by Crippen LogP contribution is -2.51. The van der Waals surface area contributed by atoms with Gasteiger partial charge in [0.05, 0.1) is 6.10 Å². The Labute approximate surface area is 119 Å². The molecule has 19 heavy (non-hydrogen) atoms. The van der Waals surface area contributed by atoms with Crippen molar-refractivity contribution in [2.45, 2.75) is 77.0 Å². The van der Waals surface area contributed by atoms with E-state index in [4.69, 9.17) is 4.74 Å². The summed E-state index contributed by atoms with van der Waals surface area (Å²) in [5.41, 5.74) is 0. The lowest BCUT2D eigenvalue weighted by molar-refractivity contribution is 0.0490. The zero-order chi connectivity index (χ0) is 13.5. The zero-order valence-corrected chi connectivity index (χ0v) is 12.9. The molecule has 2 aliphatic rings. The molecular weight excluding hydrogens is 236 g/mol. The van der Waals surface area contributed by atoms with Crippen LogP contribution in [0.3, 0.4) is 0 Å². The lowest BCUT2D eigenvalue weighted by Gasteiger charge is -2.37. The average Bonchev–Trinajstić information content (AvgIpc) is 2.83. The summed E-state index contributed by atoms with van der Waals surface area (Å²) in [6.07, 6.45) is 9.92. The number of hydrogen-bond donors (Lipinski definition) is 1. The summed E-state index contributed by atoms with van der Waals surface area (Å²) in [6.45, 7) is 8.92. The second-order valence-electron chi connectivity index (χ2n) is 6.09. The van der Waals surface area contributed by atoms with E-state index >= 15 is 0 Å². The van der Waals surface area contributed by atoms with Gasteiger partial charge in [-0.1, -0.05) is 33.1 Å². The molecule has 0 aromatic carbocycles. The van der Waals surface area contributed by atoms with E-state index in [9.17, 15) is 0 Å². The molecule has 0 spiro atoms. The Morgan fingerprint density at radius 1 is 1.05 bits per heavy atom. The van der Waals surface area contributed by atoms with Gasteiger partial charge in [-0.15, -0.1) is 0 Å². The van der Waals surface area contributed by atoms with Crippen molar-refractivity contribution < 1.29 is 4.74 Å². The average molecular weight is 268 g/mol. The number of nitrogens with zero attached hydrogens (tertiary/aromatic N) is 1. The van der Waals surface area contributed by atoms with E-state index in [1.807, 2.05) is 0 Å². The van der Waals surface area contributed by atoms with Crippen LogP contribution < -0.4 is 5.32 Å². The predicted octanol–water partition coefficient (Wildman–Crippen LogP) is 2.80. The van der Waals surface area contributed by atoms with Crippen molar-refractivity contribution >= 4 is 0 Å². The standard InChI is InChI=1S/C16H32N2O/c1-3-17-15-10-6-5-7-11-16(15)18(4-2)13-14-9-8-12-19-14/h14-17H,3-13H2,1-2H3. The van der Waals surface area contributed by atoms with Gasteiger partial charge in [0, 0.05) is 25.2 Å². The van der Waals surface area contributed by atoms with Crippen molar-refractivity contribution in [3.63, 3.8) is 0 Å². The van der Waals surface area contributed by atoms with Gasteiger partial charge in [-0.2, -0.15) is 0 Å². The fourth-order valence-electron chi connectivity index (χ4n) is 3.77. The van der Waals surface area contributed by atoms with Crippen molar-refractivity contribution in [3.8, 4) is 0 Å². The second-order valence-corrected chi connectivity index (χ2v) is 6.09. The molecule has 2 rings (SSSR count). The number of hydrogen-bond acceptors (Lipinski definition) is 3. The molecule has 0 amide bonds. The Morgan fingerprint density at radius 3 is 2.58 bits per heavy atom. The highest BCUT2D eigenvalue weighted by Crippen LogP contribution is 2.24. The van der Waals surface area contributed by atoms with Gasteiger partial charge in [0.1, 0.15) is 0 Å². The fourth-order valence-corrected chi connectivity index (χ4v) is 3.77. The Bertz CT molecular complexity index is 241. The molecule has 0 aromatic rings. The van der Waals surface area contributed by atoms with E-state index in [0.29, 0.717) is 12.1 Å². The van der Waals surface area contributed by atoms with Crippen LogP contribution in [0.2, 0.25) is 0 Å². The molecule has 1 heterocycles. The first-order valence-electron chi connectivity index (χ1n) is 8.44. The van der Waals surface area contributed by atoms with Crippen molar-refractivity contribution in [3.05, 3.63) is 0 Å². The minimum absolute atomic E-state index is 0.491. The third kappa shape index (κ3) is 4.44. The van der Waals surface area contributed by atoms with Crippen molar-refractivity contribution in [2.75, 3.05) is 26.2 Å². The third-order valence-electron chi connectivity index (χ3n) is 4.78. The maximum Gasteiger partial charge on any atom is 0.0702 e. The van der Waals surface area contributed by atoms with Gasteiger partial charge in [0.25, 0.3) is 0 Å². The van der Waals surface area contributed by atoms with Gasteiger partial charge in [0.2, 0.25) is 0 Å². The van der Waals surface area contributed by atoms with Crippen LogP contribution in [0.1, 0.15) is 58.8 Å². The molecule has 3 heteroatoms. The molecule has 3 nitrogen and oxygen atoms in total. The van der Waals surface area contributed by atoms with Gasteiger partial charge in [-0.25, -0.2) is 0 Å². The summed E-state index contributed by atoms with van der Waals surface area (Å²) in [7, 11) is 0. The van der Waals surface area contributed by atoms with Crippen LogP contribution in [-0.4, -0.2) is 49.3 Å². The van der Waals surface area contributed by atoms with Crippen LogP contribution in [-0.2, 0) is 4.74 Å². The summed E-state index contributed by atoms with van der Waals surface area (Å²) >= 11 is 0. The molecule has 112 valence electrons. The topological polar surface area (TPSA) is 24.5 Å². The van der Waals surface area contributed by atoms with Crippen LogP contribution in [0.4, 0.5) is 0 Å². The molecule has 2 fully saturated rings. The van der Waals surface area contributed by atoms with Gasteiger partial charge in [0.15, 0.2) is 0 Å². The molecule has 3 atom stereocenters. The van der Waals surface area contributed by atoms with Crippen molar-refractivity contribution in [1.29, 1.82) is 0 Å². The van der Waals surface area contributed by atoms with Gasteiger partial charge >= 0.3 is 0 Å². The first kappa shape index (κ1) is 15.3. The summed E-state index contributed by atoms with van der Waals surface area (Å²) in [4.78, 5) is 2.69. The summed E-state index contributed by atoms with van der Waals surface area (Å²) in [6, 6.07) is 1.41. The van der Waals surface area contributed by atoms with E-state index in [-0.39, 0.29) is 0 Å². The highest BCUT2D eigenvalue weighted by molar-refractivity contribution is 4.87. The largest absolute Gasteiger partial charge is 0.377 e. The Kier molecular flexibility index (Phi) is 6.62. The smallest absolute Gasteiger partial charge is 0.0702 e. The summed E-state index contributed by atoms with van der Waals surface area (Å²) in [5.74, 6) is 0. The minimum atomic E-state index is 0.491. The van der Waals surface area contributed by atoms with Crippen LogP contribution in [0, 0.1) is 0 Å². The van der Waals surface area contributed by atoms with E-state index in [1.54, 1.807) is 0 Å². The lowest BCUT2D eigenvalue weighted by atomic mass is 10.00. The van der Waals surface area contributed by atoms with Crippen LogP contribution >= 0.6 is 0 Å². The van der Waals surface area contributed by atoms with Gasteiger partial charge < -0.3 is 10.1 Å². The molecule has 1 saturated carbocycles. The highest BCUT2D eigenvalue weighted by atomic mass is 16.5. The second kappa shape index (κ2) is 8.23. The normalized spacial score (nSPS) is 32.7. The number of ether oxygens (including phenoxy) is 1. The van der Waals surface area contributed by atoms with Gasteiger partial charge in [-0.05, 0) is 38.8 Å². The third-order valence-corrected chi connectivity index (χ3v) is 4.78.